The Morgan fingerprint density at radius 3 is 2.64 bits per heavy atom. The lowest BCUT2D eigenvalue weighted by Crippen LogP contribution is -2.51. The lowest BCUT2D eigenvalue weighted by Gasteiger charge is -2.45. The molecule has 2 unspecified atom stereocenters. The van der Waals surface area contributed by atoms with Crippen LogP contribution in [-0.4, -0.2) is 46.2 Å². The van der Waals surface area contributed by atoms with Gasteiger partial charge in [-0.2, -0.15) is 0 Å². The van der Waals surface area contributed by atoms with Crippen molar-refractivity contribution in [1.29, 1.82) is 0 Å². The van der Waals surface area contributed by atoms with Crippen LogP contribution >= 0.6 is 0 Å². The fraction of sp³-hybridized carbons (Fsp3) is 0.545. The minimum absolute atomic E-state index is 0.0840. The molecular weight excluding hydrogens is 354 g/mol. The fourth-order valence-corrected chi connectivity index (χ4v) is 5.42. The summed E-state index contributed by atoms with van der Waals surface area (Å²) in [6.07, 6.45) is 7.48. The van der Waals surface area contributed by atoms with E-state index >= 15 is 0 Å². The number of likely N-dealkylation sites (tertiary alicyclic amines) is 1. The van der Waals surface area contributed by atoms with E-state index in [9.17, 15) is 9.59 Å². The van der Waals surface area contributed by atoms with Gasteiger partial charge in [0.25, 0.3) is 5.56 Å². The van der Waals surface area contributed by atoms with Gasteiger partial charge in [-0.1, -0.05) is 6.07 Å². The van der Waals surface area contributed by atoms with Crippen molar-refractivity contribution in [3.8, 4) is 0 Å². The van der Waals surface area contributed by atoms with Crippen LogP contribution in [0.1, 0.15) is 37.3 Å². The molecule has 0 radical (unpaired) electrons. The van der Waals surface area contributed by atoms with E-state index in [1.807, 2.05) is 22.8 Å². The summed E-state index contributed by atoms with van der Waals surface area (Å²) in [6, 6.07) is 9.59. The normalized spacial score (nSPS) is 25.9. The van der Waals surface area contributed by atoms with Crippen molar-refractivity contribution in [2.45, 2.75) is 43.7 Å². The van der Waals surface area contributed by atoms with Crippen molar-refractivity contribution in [3.05, 3.63) is 58.8 Å². The van der Waals surface area contributed by atoms with Crippen molar-refractivity contribution in [2.75, 3.05) is 26.3 Å². The highest BCUT2D eigenvalue weighted by Crippen LogP contribution is 2.38. The molecule has 2 aromatic rings. The molecule has 0 saturated carbocycles. The second kappa shape index (κ2) is 6.92. The highest BCUT2D eigenvalue weighted by Gasteiger charge is 2.41. The number of aromatic nitrogens is 2. The Hall–Kier alpha value is -2.34. The topological polar surface area (TPSA) is 56.5 Å². The number of piperidine rings is 1. The average Bonchev–Trinajstić information content (AvgIpc) is 3.25. The molecule has 0 N–H and O–H groups in total. The highest BCUT2D eigenvalue weighted by atomic mass is 16.5. The van der Waals surface area contributed by atoms with Gasteiger partial charge in [0.05, 0.1) is 12.0 Å². The van der Waals surface area contributed by atoms with Crippen LogP contribution in [0.15, 0.2) is 47.5 Å². The Bertz CT molecular complexity index is 911. The summed E-state index contributed by atoms with van der Waals surface area (Å²) in [5.41, 5.74) is 0.994. The summed E-state index contributed by atoms with van der Waals surface area (Å²) in [7, 11) is 0. The average molecular weight is 381 g/mol. The van der Waals surface area contributed by atoms with Crippen LogP contribution < -0.4 is 5.56 Å². The molecule has 6 nitrogen and oxygen atoms in total. The number of nitrogens with zero attached hydrogens (tertiary/aromatic N) is 3. The first-order valence-electron chi connectivity index (χ1n) is 10.3. The van der Waals surface area contributed by atoms with Crippen LogP contribution in [0.5, 0.6) is 0 Å². The minimum Gasteiger partial charge on any atom is -0.381 e. The maximum atomic E-state index is 13.4. The summed E-state index contributed by atoms with van der Waals surface area (Å²) >= 11 is 0. The molecule has 3 aliphatic heterocycles. The molecule has 5 rings (SSSR count). The van der Waals surface area contributed by atoms with Gasteiger partial charge in [0.2, 0.25) is 5.91 Å². The molecule has 2 bridgehead atoms. The van der Waals surface area contributed by atoms with Crippen LogP contribution in [0.25, 0.3) is 0 Å². The lowest BCUT2D eigenvalue weighted by molar-refractivity contribution is -0.137. The van der Waals surface area contributed by atoms with Crippen molar-refractivity contribution < 1.29 is 9.53 Å². The largest absolute Gasteiger partial charge is 0.381 e. The van der Waals surface area contributed by atoms with Gasteiger partial charge in [0.1, 0.15) is 0 Å². The Morgan fingerprint density at radius 1 is 1.07 bits per heavy atom. The maximum absolute atomic E-state index is 13.4. The van der Waals surface area contributed by atoms with Crippen LogP contribution in [0.4, 0.5) is 0 Å². The van der Waals surface area contributed by atoms with Crippen molar-refractivity contribution in [3.63, 3.8) is 0 Å². The molecule has 148 valence electrons. The molecule has 6 heteroatoms. The van der Waals surface area contributed by atoms with Crippen LogP contribution in [0.2, 0.25) is 0 Å². The predicted molar refractivity (Wildman–Crippen MR) is 105 cm³/mol. The van der Waals surface area contributed by atoms with Gasteiger partial charge >= 0.3 is 0 Å². The molecule has 2 atom stereocenters. The Balaban J connectivity index is 1.37. The summed E-state index contributed by atoms with van der Waals surface area (Å²) in [4.78, 5) is 27.7. The molecule has 0 aliphatic carbocycles. The third kappa shape index (κ3) is 3.00. The summed E-state index contributed by atoms with van der Waals surface area (Å²) in [5.74, 6) is 0.868. The number of hydrogen-bond donors (Lipinski definition) is 0. The second-order valence-electron chi connectivity index (χ2n) is 8.60. The van der Waals surface area contributed by atoms with Crippen LogP contribution in [-0.2, 0) is 21.6 Å². The van der Waals surface area contributed by atoms with E-state index in [1.165, 1.54) is 0 Å². The zero-order chi connectivity index (χ0) is 19.1. The molecule has 5 heterocycles. The van der Waals surface area contributed by atoms with Gasteiger partial charge in [-0.3, -0.25) is 9.59 Å². The first kappa shape index (κ1) is 17.7. The second-order valence-corrected chi connectivity index (χ2v) is 8.60. The van der Waals surface area contributed by atoms with E-state index in [1.54, 1.807) is 6.07 Å². The Morgan fingerprint density at radius 2 is 1.86 bits per heavy atom. The van der Waals surface area contributed by atoms with Gasteiger partial charge in [-0.05, 0) is 43.4 Å². The number of amides is 1. The fourth-order valence-electron chi connectivity index (χ4n) is 5.42. The van der Waals surface area contributed by atoms with Gasteiger partial charge in [0.15, 0.2) is 0 Å². The Kier molecular flexibility index (Phi) is 4.38. The highest BCUT2D eigenvalue weighted by molar-refractivity contribution is 5.77. The minimum atomic E-state index is -0.180. The number of fused-ring (bicyclic) bond motifs is 4. The van der Waals surface area contributed by atoms with Crippen LogP contribution in [0, 0.1) is 5.92 Å². The van der Waals surface area contributed by atoms with Crippen LogP contribution in [0.3, 0.4) is 0 Å². The van der Waals surface area contributed by atoms with Crippen molar-refractivity contribution in [2.24, 2.45) is 5.92 Å². The number of rotatable bonds is 3. The molecule has 1 amide bonds. The quantitative estimate of drug-likeness (QED) is 0.819. The van der Waals surface area contributed by atoms with E-state index in [2.05, 4.69) is 27.9 Å². The number of carbonyl (C=O) groups is 1. The lowest BCUT2D eigenvalue weighted by atomic mass is 9.81. The van der Waals surface area contributed by atoms with Gasteiger partial charge in [0, 0.05) is 62.9 Å². The van der Waals surface area contributed by atoms with Gasteiger partial charge < -0.3 is 18.8 Å². The standard InChI is InChI=1S/C22H27N3O3/c26-20-5-3-4-19-18-12-17(15-25(19)20)14-23(16-18)21(27)13-22(6-10-28-11-7-22)24-8-1-2-9-24/h1-5,8-9,17-18H,6-7,10-16H2. The molecule has 2 saturated heterocycles. The van der Waals surface area contributed by atoms with E-state index < -0.39 is 0 Å². The third-order valence-corrected chi connectivity index (χ3v) is 6.89. The van der Waals surface area contributed by atoms with Gasteiger partial charge in [-0.15, -0.1) is 0 Å². The molecule has 2 fully saturated rings. The zero-order valence-corrected chi connectivity index (χ0v) is 16.1. The monoisotopic (exact) mass is 381 g/mol. The number of ether oxygens (including phenoxy) is 1. The summed E-state index contributed by atoms with van der Waals surface area (Å²) in [6.45, 7) is 3.61. The predicted octanol–water partition coefficient (Wildman–Crippen LogP) is 2.19. The maximum Gasteiger partial charge on any atom is 0.250 e. The summed E-state index contributed by atoms with van der Waals surface area (Å²) in [5, 5.41) is 0. The van der Waals surface area contributed by atoms with Crippen molar-refractivity contribution in [1.82, 2.24) is 14.0 Å². The first-order chi connectivity index (χ1) is 13.6. The molecule has 28 heavy (non-hydrogen) atoms. The molecular formula is C22H27N3O3. The molecule has 3 aliphatic rings. The number of pyridine rings is 1. The SMILES string of the molecule is O=C(CC1(n2cccc2)CCOCC1)N1CC2CC(C1)c1cccc(=O)n1C2. The molecule has 0 spiro atoms. The molecule has 2 aromatic heterocycles. The first-order valence-corrected chi connectivity index (χ1v) is 10.3. The van der Waals surface area contributed by atoms with Gasteiger partial charge in [-0.25, -0.2) is 0 Å². The van der Waals surface area contributed by atoms with Crippen molar-refractivity contribution >= 4 is 5.91 Å². The zero-order valence-electron chi connectivity index (χ0n) is 16.1. The van der Waals surface area contributed by atoms with E-state index in [0.717, 1.165) is 44.6 Å². The molecule has 0 aromatic carbocycles. The Labute approximate surface area is 164 Å². The smallest absolute Gasteiger partial charge is 0.250 e. The van der Waals surface area contributed by atoms with E-state index in [0.29, 0.717) is 25.6 Å². The van der Waals surface area contributed by atoms with E-state index in [4.69, 9.17) is 4.74 Å². The van der Waals surface area contributed by atoms with E-state index in [-0.39, 0.29) is 22.9 Å². The number of carbonyl (C=O) groups excluding carboxylic acids is 1. The summed E-state index contributed by atoms with van der Waals surface area (Å²) < 4.78 is 9.72. The third-order valence-electron chi connectivity index (χ3n) is 6.89. The number of hydrogen-bond acceptors (Lipinski definition) is 3.